The molecule has 0 fully saturated rings. The molecule has 0 aromatic rings. The highest BCUT2D eigenvalue weighted by atomic mass is 31.2. The van der Waals surface area contributed by atoms with Gasteiger partial charge in [-0.2, -0.15) is 0 Å². The van der Waals surface area contributed by atoms with Crippen molar-refractivity contribution in [2.45, 2.75) is 161 Å². The lowest BCUT2D eigenvalue weighted by atomic mass is 10.1. The molecule has 0 radical (unpaired) electrons. The number of carbonyl (C=O) groups is 2. The first-order valence-corrected chi connectivity index (χ1v) is 24.0. The molecule has 0 spiro atoms. The van der Waals surface area contributed by atoms with E-state index in [0.717, 1.165) is 44.9 Å². The van der Waals surface area contributed by atoms with Gasteiger partial charge in [-0.15, -0.1) is 0 Å². The van der Waals surface area contributed by atoms with Crippen molar-refractivity contribution in [1.82, 2.24) is 0 Å². The van der Waals surface area contributed by atoms with Gasteiger partial charge in [0.25, 0.3) is 0 Å². The zero-order valence-electron chi connectivity index (χ0n) is 37.9. The summed E-state index contributed by atoms with van der Waals surface area (Å²) in [4.78, 5) is 35.4. The average molecular weight is 865 g/mol. The van der Waals surface area contributed by atoms with Crippen molar-refractivity contribution >= 4 is 19.8 Å². The number of rotatable bonds is 39. The van der Waals surface area contributed by atoms with Gasteiger partial charge in [0, 0.05) is 12.8 Å². The molecule has 0 aliphatic carbocycles. The van der Waals surface area contributed by atoms with E-state index >= 15 is 0 Å². The van der Waals surface area contributed by atoms with E-state index in [1.54, 1.807) is 18.2 Å². The van der Waals surface area contributed by atoms with Crippen LogP contribution in [0.25, 0.3) is 0 Å². The largest absolute Gasteiger partial charge is 0.472 e. The van der Waals surface area contributed by atoms with Gasteiger partial charge < -0.3 is 29.1 Å². The lowest BCUT2D eigenvalue weighted by molar-refractivity contribution is -0.870. The van der Waals surface area contributed by atoms with E-state index in [2.05, 4.69) is 44.2 Å². The molecular weight excluding hydrogens is 781 g/mol. The standard InChI is InChI=1S/C48H82NO10P/c1-6-8-10-11-12-13-14-15-16-17-18-19-20-21-25-28-32-38-47(52)56-42-46(43-58-60(54,55)57-41-40-49(3,4)5)59-48(53)39-33-37-45(51)36-31-27-24-22-23-26-30-35-44(50)34-29-9-7-2/h15-16,18-19,21,23-27,30-31,35-36,44-46,50-51H,6-14,17,20,22,28-29,32-34,37-43H2,1-5H3/p+1/b16-15-,19-18-,25-21-,26-23-,27-24-,35-30+,36-31+/t44-,45-,46-/m1/s1. The van der Waals surface area contributed by atoms with Gasteiger partial charge in [-0.25, -0.2) is 4.57 Å². The number of aliphatic hydroxyl groups is 2. The number of esters is 2. The number of carbonyl (C=O) groups excluding carboxylic acids is 2. The quantitative estimate of drug-likeness (QED) is 0.0136. The first kappa shape index (κ1) is 57.1. The summed E-state index contributed by atoms with van der Waals surface area (Å²) in [6.07, 6.45) is 42.8. The van der Waals surface area contributed by atoms with Crippen molar-refractivity contribution in [3.05, 3.63) is 85.1 Å². The predicted octanol–water partition coefficient (Wildman–Crippen LogP) is 10.7. The van der Waals surface area contributed by atoms with Crippen LogP contribution < -0.4 is 0 Å². The van der Waals surface area contributed by atoms with Crippen LogP contribution in [0.1, 0.15) is 142 Å². The summed E-state index contributed by atoms with van der Waals surface area (Å²) in [7, 11) is 1.29. The zero-order chi connectivity index (χ0) is 44.6. The molecule has 1 unspecified atom stereocenters. The summed E-state index contributed by atoms with van der Waals surface area (Å²) in [5.74, 6) is -1.10. The Bertz CT molecular complexity index is 1330. The highest BCUT2D eigenvalue weighted by molar-refractivity contribution is 7.47. The van der Waals surface area contributed by atoms with Crippen LogP contribution in [-0.4, -0.2) is 97.3 Å². The second-order valence-corrected chi connectivity index (χ2v) is 17.6. The van der Waals surface area contributed by atoms with Gasteiger partial charge in [0.2, 0.25) is 0 Å². The predicted molar refractivity (Wildman–Crippen MR) is 245 cm³/mol. The lowest BCUT2D eigenvalue weighted by Gasteiger charge is -2.24. The molecule has 0 heterocycles. The SMILES string of the molecule is CCCCCCCC/C=C\C/C=C\C/C=C\CCCC(=O)OC[C@H](COP(=O)(O)OCC[N+](C)(C)C)OC(=O)CCC[C@H](O)/C=C/C=C\C/C=C\C=C\[C@H](O)CCCCC. The van der Waals surface area contributed by atoms with Gasteiger partial charge >= 0.3 is 19.8 Å². The topological polar surface area (TPSA) is 149 Å². The third-order valence-corrected chi connectivity index (χ3v) is 10.1. The Morgan fingerprint density at radius 3 is 1.73 bits per heavy atom. The second-order valence-electron chi connectivity index (χ2n) is 16.1. The summed E-state index contributed by atoms with van der Waals surface area (Å²) < 4.78 is 34.0. The van der Waals surface area contributed by atoms with E-state index in [4.69, 9.17) is 18.5 Å². The minimum atomic E-state index is -4.46. The molecule has 60 heavy (non-hydrogen) atoms. The highest BCUT2D eigenvalue weighted by Crippen LogP contribution is 2.43. The summed E-state index contributed by atoms with van der Waals surface area (Å²) in [5.41, 5.74) is 0. The Hall–Kier alpha value is -2.89. The van der Waals surface area contributed by atoms with Crippen LogP contribution in [0.3, 0.4) is 0 Å². The fourth-order valence-electron chi connectivity index (χ4n) is 5.48. The van der Waals surface area contributed by atoms with Gasteiger partial charge in [0.15, 0.2) is 6.10 Å². The number of aliphatic hydroxyl groups excluding tert-OH is 2. The van der Waals surface area contributed by atoms with E-state index in [-0.39, 0.29) is 26.1 Å². The number of nitrogens with zero attached hydrogens (tertiary/aromatic N) is 1. The molecule has 4 atom stereocenters. The van der Waals surface area contributed by atoms with Crippen LogP contribution in [0, 0.1) is 0 Å². The first-order valence-electron chi connectivity index (χ1n) is 22.5. The first-order chi connectivity index (χ1) is 28.8. The molecule has 0 aliphatic rings. The normalized spacial score (nSPS) is 15.4. The molecule has 0 saturated carbocycles. The van der Waals surface area contributed by atoms with Crippen molar-refractivity contribution in [3.8, 4) is 0 Å². The molecule has 3 N–H and O–H groups in total. The summed E-state index contributed by atoms with van der Waals surface area (Å²) in [6, 6.07) is 0. The minimum Gasteiger partial charge on any atom is -0.462 e. The Balaban J connectivity index is 4.69. The molecule has 0 bridgehead atoms. The summed E-state index contributed by atoms with van der Waals surface area (Å²) >= 11 is 0. The maximum Gasteiger partial charge on any atom is 0.472 e. The van der Waals surface area contributed by atoms with Gasteiger partial charge in [-0.05, 0) is 64.2 Å². The molecule has 12 heteroatoms. The monoisotopic (exact) mass is 865 g/mol. The van der Waals surface area contributed by atoms with Crippen LogP contribution in [0.4, 0.5) is 0 Å². The third kappa shape index (κ3) is 41.8. The van der Waals surface area contributed by atoms with Crippen molar-refractivity contribution in [1.29, 1.82) is 0 Å². The van der Waals surface area contributed by atoms with Crippen molar-refractivity contribution < 1.29 is 52.3 Å². The number of phosphoric acid groups is 1. The molecule has 344 valence electrons. The smallest absolute Gasteiger partial charge is 0.462 e. The van der Waals surface area contributed by atoms with Gasteiger partial charge in [0.1, 0.15) is 19.8 Å². The highest BCUT2D eigenvalue weighted by Gasteiger charge is 2.27. The van der Waals surface area contributed by atoms with Gasteiger partial charge in [0.05, 0.1) is 40.0 Å². The maximum absolute atomic E-state index is 12.7. The molecule has 0 amide bonds. The van der Waals surface area contributed by atoms with Crippen molar-refractivity contribution in [2.24, 2.45) is 0 Å². The molecule has 0 rings (SSSR count). The van der Waals surface area contributed by atoms with Crippen LogP contribution >= 0.6 is 7.82 Å². The minimum absolute atomic E-state index is 0.0228. The van der Waals surface area contributed by atoms with Crippen LogP contribution in [-0.2, 0) is 32.7 Å². The molecule has 0 saturated heterocycles. The number of hydrogen-bond donors (Lipinski definition) is 3. The van der Waals surface area contributed by atoms with E-state index in [9.17, 15) is 29.3 Å². The molecule has 0 aliphatic heterocycles. The molecule has 0 aromatic heterocycles. The Kier molecular flexibility index (Phi) is 37.1. The Morgan fingerprint density at radius 1 is 0.600 bits per heavy atom. The van der Waals surface area contributed by atoms with E-state index < -0.39 is 44.7 Å². The van der Waals surface area contributed by atoms with E-state index in [0.29, 0.717) is 43.1 Å². The number of hydrogen-bond acceptors (Lipinski definition) is 9. The number of ether oxygens (including phenoxy) is 2. The number of phosphoric ester groups is 1. The maximum atomic E-state index is 12.7. The zero-order valence-corrected chi connectivity index (χ0v) is 38.8. The van der Waals surface area contributed by atoms with Gasteiger partial charge in [-0.1, -0.05) is 150 Å². The molecular formula is C48H83NO10P+. The summed E-state index contributed by atoms with van der Waals surface area (Å²) in [6.45, 7) is 3.96. The molecule has 11 nitrogen and oxygen atoms in total. The second kappa shape index (κ2) is 39.0. The van der Waals surface area contributed by atoms with Crippen LogP contribution in [0.5, 0.6) is 0 Å². The van der Waals surface area contributed by atoms with Crippen LogP contribution in [0.15, 0.2) is 85.1 Å². The van der Waals surface area contributed by atoms with Gasteiger partial charge in [-0.3, -0.25) is 18.6 Å². The number of likely N-dealkylation sites (N-methyl/N-ethyl adjacent to an activating group) is 1. The fraction of sp³-hybridized carbons (Fsp3) is 0.667. The van der Waals surface area contributed by atoms with Crippen LogP contribution in [0.2, 0.25) is 0 Å². The number of allylic oxidation sites excluding steroid dienone is 12. The van der Waals surface area contributed by atoms with E-state index in [1.165, 1.54) is 38.5 Å². The van der Waals surface area contributed by atoms with Crippen molar-refractivity contribution in [2.75, 3.05) is 47.5 Å². The average Bonchev–Trinajstić information content (AvgIpc) is 3.19. The molecule has 0 aromatic carbocycles. The van der Waals surface area contributed by atoms with E-state index in [1.807, 2.05) is 57.6 Å². The summed E-state index contributed by atoms with van der Waals surface area (Å²) in [5, 5.41) is 20.2. The lowest BCUT2D eigenvalue weighted by Crippen LogP contribution is -2.37. The van der Waals surface area contributed by atoms with Crippen molar-refractivity contribution in [3.63, 3.8) is 0 Å². The number of quaternary nitrogens is 1. The Labute approximate surface area is 364 Å². The Morgan fingerprint density at radius 2 is 1.12 bits per heavy atom. The number of unbranched alkanes of at least 4 members (excludes halogenated alkanes) is 9. The fourth-order valence-corrected chi connectivity index (χ4v) is 6.22. The third-order valence-electron chi connectivity index (χ3n) is 9.11.